The quantitative estimate of drug-likeness (QED) is 0.401. The number of ether oxygens (including phenoxy) is 1. The van der Waals surface area contributed by atoms with Gasteiger partial charge < -0.3 is 4.74 Å². The van der Waals surface area contributed by atoms with Crippen LogP contribution in [0.4, 0.5) is 0 Å². The molecule has 0 aliphatic rings. The van der Waals surface area contributed by atoms with E-state index < -0.39 is 0 Å². The number of para-hydroxylation sites is 1. The van der Waals surface area contributed by atoms with E-state index in [9.17, 15) is 0 Å². The monoisotopic (exact) mass is 364 g/mol. The first-order valence-corrected chi connectivity index (χ1v) is 9.69. The predicted molar refractivity (Wildman–Crippen MR) is 108 cm³/mol. The Labute approximate surface area is 159 Å². The summed E-state index contributed by atoms with van der Waals surface area (Å²) < 4.78 is 5.84. The van der Waals surface area contributed by atoms with Crippen molar-refractivity contribution in [2.45, 2.75) is 44.0 Å². The summed E-state index contributed by atoms with van der Waals surface area (Å²) in [7, 11) is 0. The van der Waals surface area contributed by atoms with Crippen molar-refractivity contribution in [3.05, 3.63) is 77.5 Å². The van der Waals surface area contributed by atoms with Gasteiger partial charge in [0.2, 0.25) is 5.88 Å². The van der Waals surface area contributed by atoms with E-state index in [4.69, 9.17) is 4.74 Å². The van der Waals surface area contributed by atoms with Gasteiger partial charge in [0.25, 0.3) is 0 Å². The molecule has 0 N–H and O–H groups in total. The summed E-state index contributed by atoms with van der Waals surface area (Å²) in [4.78, 5) is 9.05. The van der Waals surface area contributed by atoms with Gasteiger partial charge in [0.15, 0.2) is 5.16 Å². The summed E-state index contributed by atoms with van der Waals surface area (Å²) in [5, 5.41) is 0.732. The first-order valence-electron chi connectivity index (χ1n) is 8.71. The summed E-state index contributed by atoms with van der Waals surface area (Å²) in [6, 6.07) is 20.3. The van der Waals surface area contributed by atoms with Crippen molar-refractivity contribution in [1.82, 2.24) is 9.97 Å². The summed E-state index contributed by atoms with van der Waals surface area (Å²) in [5.74, 6) is 2.19. The molecule has 3 aromatic rings. The van der Waals surface area contributed by atoms with Crippen LogP contribution < -0.4 is 4.74 Å². The number of aromatic nitrogens is 2. The van der Waals surface area contributed by atoms with Crippen LogP contribution >= 0.6 is 11.8 Å². The second kappa shape index (κ2) is 7.92. The van der Waals surface area contributed by atoms with Crippen LogP contribution in [0.3, 0.4) is 0 Å². The standard InChI is InChI=1S/C22H24N2OS/c1-16-14-20(25-19-8-6-5-7-9-19)24-21(23-16)26-15-17-10-12-18(13-11-17)22(2,3)4/h5-14H,15H2,1-4H3. The molecule has 3 nitrogen and oxygen atoms in total. The average Bonchev–Trinajstić information content (AvgIpc) is 2.60. The van der Waals surface area contributed by atoms with Crippen molar-refractivity contribution < 1.29 is 4.74 Å². The molecule has 0 fully saturated rings. The van der Waals surface area contributed by atoms with Crippen LogP contribution in [-0.2, 0) is 11.2 Å². The minimum Gasteiger partial charge on any atom is -0.439 e. The molecule has 3 rings (SSSR count). The second-order valence-electron chi connectivity index (χ2n) is 7.28. The van der Waals surface area contributed by atoms with Gasteiger partial charge in [0.1, 0.15) is 5.75 Å². The van der Waals surface area contributed by atoms with Crippen LogP contribution in [0.5, 0.6) is 11.6 Å². The fourth-order valence-corrected chi connectivity index (χ4v) is 3.34. The Kier molecular flexibility index (Phi) is 5.62. The Morgan fingerprint density at radius 2 is 1.62 bits per heavy atom. The number of aryl methyl sites for hydroxylation is 1. The van der Waals surface area contributed by atoms with Gasteiger partial charge in [-0.2, -0.15) is 4.98 Å². The molecule has 0 saturated heterocycles. The summed E-state index contributed by atoms with van der Waals surface area (Å²) in [5.41, 5.74) is 3.68. The van der Waals surface area contributed by atoms with Crippen molar-refractivity contribution in [3.63, 3.8) is 0 Å². The van der Waals surface area contributed by atoms with E-state index >= 15 is 0 Å². The van der Waals surface area contributed by atoms with Gasteiger partial charge in [-0.1, -0.05) is 75.0 Å². The highest BCUT2D eigenvalue weighted by molar-refractivity contribution is 7.98. The number of hydrogen-bond donors (Lipinski definition) is 0. The third kappa shape index (κ3) is 5.09. The van der Waals surface area contributed by atoms with Crippen molar-refractivity contribution in [3.8, 4) is 11.6 Å². The van der Waals surface area contributed by atoms with E-state index in [0.717, 1.165) is 22.4 Å². The minimum atomic E-state index is 0.176. The van der Waals surface area contributed by atoms with Crippen LogP contribution in [-0.4, -0.2) is 9.97 Å². The predicted octanol–water partition coefficient (Wildman–Crippen LogP) is 6.17. The number of hydrogen-bond acceptors (Lipinski definition) is 4. The Bertz CT molecular complexity index is 856. The molecule has 0 bridgehead atoms. The molecule has 4 heteroatoms. The minimum absolute atomic E-state index is 0.176. The zero-order valence-corrected chi connectivity index (χ0v) is 16.5. The normalized spacial score (nSPS) is 11.4. The highest BCUT2D eigenvalue weighted by Crippen LogP contribution is 2.27. The lowest BCUT2D eigenvalue weighted by atomic mass is 9.87. The van der Waals surface area contributed by atoms with Crippen LogP contribution in [0.1, 0.15) is 37.6 Å². The Balaban J connectivity index is 1.68. The van der Waals surface area contributed by atoms with Gasteiger partial charge in [0.05, 0.1) is 0 Å². The highest BCUT2D eigenvalue weighted by atomic mass is 32.2. The Morgan fingerprint density at radius 1 is 0.923 bits per heavy atom. The van der Waals surface area contributed by atoms with Crippen molar-refractivity contribution in [1.29, 1.82) is 0 Å². The molecular formula is C22H24N2OS. The lowest BCUT2D eigenvalue weighted by Gasteiger charge is -2.19. The van der Waals surface area contributed by atoms with E-state index in [1.807, 2.05) is 43.3 Å². The number of nitrogens with zero attached hydrogens (tertiary/aromatic N) is 2. The Hall–Kier alpha value is -2.33. The first kappa shape index (κ1) is 18.5. The molecule has 26 heavy (non-hydrogen) atoms. The molecule has 0 spiro atoms. The molecule has 0 unspecified atom stereocenters. The molecule has 2 aromatic carbocycles. The van der Waals surface area contributed by atoms with Crippen molar-refractivity contribution in [2.75, 3.05) is 0 Å². The van der Waals surface area contributed by atoms with Gasteiger partial charge in [-0.05, 0) is 35.6 Å². The van der Waals surface area contributed by atoms with E-state index in [0.29, 0.717) is 5.88 Å². The molecule has 134 valence electrons. The molecule has 0 atom stereocenters. The third-order valence-electron chi connectivity index (χ3n) is 3.96. The first-order chi connectivity index (χ1) is 12.4. The maximum atomic E-state index is 5.84. The van der Waals surface area contributed by atoms with E-state index in [1.54, 1.807) is 11.8 Å². The third-order valence-corrected chi connectivity index (χ3v) is 4.88. The molecular weight excluding hydrogens is 340 g/mol. The van der Waals surface area contributed by atoms with Gasteiger partial charge in [-0.15, -0.1) is 0 Å². The zero-order valence-electron chi connectivity index (χ0n) is 15.7. The maximum Gasteiger partial charge on any atom is 0.223 e. The van der Waals surface area contributed by atoms with Crippen molar-refractivity contribution in [2.24, 2.45) is 0 Å². The summed E-state index contributed by atoms with van der Waals surface area (Å²) in [6.07, 6.45) is 0. The lowest BCUT2D eigenvalue weighted by molar-refractivity contribution is 0.454. The highest BCUT2D eigenvalue weighted by Gasteiger charge is 2.13. The summed E-state index contributed by atoms with van der Waals surface area (Å²) >= 11 is 1.62. The summed E-state index contributed by atoms with van der Waals surface area (Å²) in [6.45, 7) is 8.64. The molecule has 1 aromatic heterocycles. The van der Waals surface area contributed by atoms with Crippen LogP contribution in [0, 0.1) is 6.92 Å². The lowest BCUT2D eigenvalue weighted by Crippen LogP contribution is -2.10. The van der Waals surface area contributed by atoms with Gasteiger partial charge in [0, 0.05) is 17.5 Å². The molecule has 0 aliphatic heterocycles. The molecule has 0 aliphatic carbocycles. The SMILES string of the molecule is Cc1cc(Oc2ccccc2)nc(SCc2ccc(C(C)(C)C)cc2)n1. The zero-order chi connectivity index (χ0) is 18.6. The van der Waals surface area contributed by atoms with E-state index in [2.05, 4.69) is 55.0 Å². The molecule has 0 radical (unpaired) electrons. The number of thioether (sulfide) groups is 1. The second-order valence-corrected chi connectivity index (χ2v) is 8.22. The van der Waals surface area contributed by atoms with Gasteiger partial charge >= 0.3 is 0 Å². The average molecular weight is 365 g/mol. The van der Waals surface area contributed by atoms with Crippen LogP contribution in [0.2, 0.25) is 0 Å². The topological polar surface area (TPSA) is 35.0 Å². The molecule has 1 heterocycles. The Morgan fingerprint density at radius 3 is 2.27 bits per heavy atom. The fraction of sp³-hybridized carbons (Fsp3) is 0.273. The fourth-order valence-electron chi connectivity index (χ4n) is 2.49. The molecule has 0 saturated carbocycles. The van der Waals surface area contributed by atoms with Gasteiger partial charge in [-0.3, -0.25) is 0 Å². The van der Waals surface area contributed by atoms with Crippen LogP contribution in [0.15, 0.2) is 65.8 Å². The smallest absolute Gasteiger partial charge is 0.223 e. The van der Waals surface area contributed by atoms with Gasteiger partial charge in [-0.25, -0.2) is 4.98 Å². The van der Waals surface area contributed by atoms with Crippen LogP contribution in [0.25, 0.3) is 0 Å². The maximum absolute atomic E-state index is 5.84. The van der Waals surface area contributed by atoms with E-state index in [1.165, 1.54) is 11.1 Å². The number of benzene rings is 2. The molecule has 0 amide bonds. The number of rotatable bonds is 5. The van der Waals surface area contributed by atoms with E-state index in [-0.39, 0.29) is 5.41 Å². The van der Waals surface area contributed by atoms with Crippen molar-refractivity contribution >= 4 is 11.8 Å². The largest absolute Gasteiger partial charge is 0.439 e.